The van der Waals surface area contributed by atoms with Crippen LogP contribution >= 0.6 is 0 Å². The van der Waals surface area contributed by atoms with Crippen LogP contribution in [0.5, 0.6) is 0 Å². The van der Waals surface area contributed by atoms with Gasteiger partial charge in [-0.15, -0.1) is 0 Å². The van der Waals surface area contributed by atoms with Crippen LogP contribution in [0, 0.1) is 0 Å². The van der Waals surface area contributed by atoms with Gasteiger partial charge in [-0.3, -0.25) is 9.63 Å². The quantitative estimate of drug-likeness (QED) is 0.758. The number of hydroxylamine groups is 2. The van der Waals surface area contributed by atoms with Crippen molar-refractivity contribution in [3.05, 3.63) is 29.8 Å². The smallest absolute Gasteiger partial charge is 0.267 e. The van der Waals surface area contributed by atoms with Crippen molar-refractivity contribution in [1.82, 2.24) is 5.06 Å². The van der Waals surface area contributed by atoms with Crippen molar-refractivity contribution in [2.24, 2.45) is 0 Å². The molecular weight excluding hydrogens is 228 g/mol. The number of carbonyl (C=O) groups is 1. The number of hydrogen-bond donors (Lipinski definition) is 0. The van der Waals surface area contributed by atoms with Crippen molar-refractivity contribution in [1.29, 1.82) is 0 Å². The molecule has 0 aromatic heterocycles. The van der Waals surface area contributed by atoms with Gasteiger partial charge in [0.2, 0.25) is 0 Å². The van der Waals surface area contributed by atoms with E-state index in [2.05, 4.69) is 37.8 Å². The van der Waals surface area contributed by atoms with Gasteiger partial charge in [0.05, 0.1) is 7.11 Å². The molecule has 1 fully saturated rings. The van der Waals surface area contributed by atoms with Crippen molar-refractivity contribution in [2.75, 3.05) is 18.6 Å². The third kappa shape index (κ3) is 1.03. The Balaban J connectivity index is 2.25. The van der Waals surface area contributed by atoms with E-state index in [0.717, 1.165) is 5.69 Å². The first-order chi connectivity index (χ1) is 8.44. The fourth-order valence-electron chi connectivity index (χ4n) is 3.39. The van der Waals surface area contributed by atoms with Gasteiger partial charge in [0.1, 0.15) is 12.2 Å². The summed E-state index contributed by atoms with van der Waals surface area (Å²) in [6.07, 6.45) is 0. The van der Waals surface area contributed by atoms with Crippen molar-refractivity contribution >= 4 is 11.6 Å². The lowest BCUT2D eigenvalue weighted by Gasteiger charge is -2.44. The zero-order valence-corrected chi connectivity index (χ0v) is 11.2. The van der Waals surface area contributed by atoms with E-state index in [-0.39, 0.29) is 11.3 Å². The summed E-state index contributed by atoms with van der Waals surface area (Å²) in [6, 6.07) is 8.28. The van der Waals surface area contributed by atoms with Gasteiger partial charge in [0, 0.05) is 11.1 Å². The Bertz CT molecular complexity index is 526. The summed E-state index contributed by atoms with van der Waals surface area (Å²) in [7, 11) is 1.56. The number of benzene rings is 1. The van der Waals surface area contributed by atoms with Gasteiger partial charge in [-0.05, 0) is 18.6 Å². The third-order valence-corrected chi connectivity index (χ3v) is 4.68. The number of para-hydroxylation sites is 1. The molecule has 3 rings (SSSR count). The van der Waals surface area contributed by atoms with E-state index in [0.29, 0.717) is 6.54 Å². The molecule has 0 bridgehead atoms. The maximum Gasteiger partial charge on any atom is 0.267 e. The molecule has 0 aliphatic carbocycles. The Hall–Kier alpha value is -1.55. The number of rotatable bonds is 1. The van der Waals surface area contributed by atoms with Crippen molar-refractivity contribution in [2.45, 2.75) is 31.8 Å². The predicted molar refractivity (Wildman–Crippen MR) is 69.1 cm³/mol. The van der Waals surface area contributed by atoms with E-state index in [9.17, 15) is 4.79 Å². The second-order valence-corrected chi connectivity index (χ2v) is 5.62. The van der Waals surface area contributed by atoms with Crippen LogP contribution in [0.15, 0.2) is 24.3 Å². The predicted octanol–water partition coefficient (Wildman–Crippen LogP) is 1.90. The summed E-state index contributed by atoms with van der Waals surface area (Å²) >= 11 is 0. The zero-order chi connectivity index (χ0) is 13.1. The minimum atomic E-state index is -0.456. The van der Waals surface area contributed by atoms with Crippen LogP contribution in [0.3, 0.4) is 0 Å². The largest absolute Gasteiger partial charge is 0.336 e. The topological polar surface area (TPSA) is 32.8 Å². The van der Waals surface area contributed by atoms with Crippen LogP contribution in [0.25, 0.3) is 0 Å². The number of fused-ring (bicyclic) bond motifs is 3. The van der Waals surface area contributed by atoms with Gasteiger partial charge < -0.3 is 4.90 Å². The zero-order valence-electron chi connectivity index (χ0n) is 11.2. The van der Waals surface area contributed by atoms with Crippen LogP contribution < -0.4 is 4.90 Å². The summed E-state index contributed by atoms with van der Waals surface area (Å²) in [5.41, 5.74) is 1.77. The van der Waals surface area contributed by atoms with Crippen LogP contribution in [0.2, 0.25) is 0 Å². The van der Waals surface area contributed by atoms with E-state index < -0.39 is 5.66 Å². The highest BCUT2D eigenvalue weighted by Gasteiger charge is 2.63. The number of anilines is 1. The molecule has 2 aliphatic heterocycles. The summed E-state index contributed by atoms with van der Waals surface area (Å²) in [5, 5.41) is 1.52. The molecule has 1 atom stereocenters. The highest BCUT2D eigenvalue weighted by molar-refractivity contribution is 5.89. The first-order valence-electron chi connectivity index (χ1n) is 6.19. The number of hydrogen-bond acceptors (Lipinski definition) is 3. The van der Waals surface area contributed by atoms with E-state index in [1.165, 1.54) is 10.6 Å². The molecule has 4 heteroatoms. The average Bonchev–Trinajstić information content (AvgIpc) is 2.69. The van der Waals surface area contributed by atoms with E-state index in [1.807, 2.05) is 12.1 Å². The molecule has 0 saturated carbocycles. The average molecular weight is 246 g/mol. The molecule has 1 amide bonds. The highest BCUT2D eigenvalue weighted by atomic mass is 16.7. The molecule has 1 unspecified atom stereocenters. The fraction of sp³-hybridized carbons (Fsp3) is 0.500. The molecule has 4 nitrogen and oxygen atoms in total. The molecule has 2 aliphatic rings. The van der Waals surface area contributed by atoms with Crippen molar-refractivity contribution in [3.8, 4) is 0 Å². The SMILES string of the molecule is CON1C(=O)CN2c3ccccc3C(C)(C)C12C. The van der Waals surface area contributed by atoms with E-state index in [1.54, 1.807) is 7.11 Å². The Morgan fingerprint density at radius 3 is 2.56 bits per heavy atom. The van der Waals surface area contributed by atoms with Gasteiger partial charge in [-0.2, -0.15) is 5.06 Å². The van der Waals surface area contributed by atoms with Gasteiger partial charge in [0.15, 0.2) is 0 Å². The minimum Gasteiger partial charge on any atom is -0.336 e. The molecule has 1 saturated heterocycles. The van der Waals surface area contributed by atoms with Crippen molar-refractivity contribution in [3.63, 3.8) is 0 Å². The number of nitrogens with zero attached hydrogens (tertiary/aromatic N) is 2. The lowest BCUT2D eigenvalue weighted by molar-refractivity contribution is -0.200. The van der Waals surface area contributed by atoms with Gasteiger partial charge in [-0.1, -0.05) is 32.0 Å². The second-order valence-electron chi connectivity index (χ2n) is 5.62. The maximum absolute atomic E-state index is 12.1. The maximum atomic E-state index is 12.1. The molecule has 0 radical (unpaired) electrons. The minimum absolute atomic E-state index is 0.0163. The van der Waals surface area contributed by atoms with Crippen LogP contribution in [-0.4, -0.2) is 30.3 Å². The number of carbonyl (C=O) groups excluding carboxylic acids is 1. The first-order valence-corrected chi connectivity index (χ1v) is 6.19. The molecule has 2 heterocycles. The normalized spacial score (nSPS) is 28.6. The molecular formula is C14H18N2O2. The monoisotopic (exact) mass is 246 g/mol. The number of amides is 1. The molecule has 1 aromatic carbocycles. The van der Waals surface area contributed by atoms with E-state index >= 15 is 0 Å². The van der Waals surface area contributed by atoms with Gasteiger partial charge in [0.25, 0.3) is 5.91 Å². The summed E-state index contributed by atoms with van der Waals surface area (Å²) < 4.78 is 0. The Morgan fingerprint density at radius 2 is 1.89 bits per heavy atom. The lowest BCUT2D eigenvalue weighted by atomic mass is 9.76. The van der Waals surface area contributed by atoms with Crippen molar-refractivity contribution < 1.29 is 9.63 Å². The summed E-state index contributed by atoms with van der Waals surface area (Å²) in [5.74, 6) is 0.0163. The van der Waals surface area contributed by atoms with E-state index in [4.69, 9.17) is 4.84 Å². The van der Waals surface area contributed by atoms with Crippen LogP contribution in [0.1, 0.15) is 26.3 Å². The highest BCUT2D eigenvalue weighted by Crippen LogP contribution is 2.55. The first kappa shape index (κ1) is 11.5. The third-order valence-electron chi connectivity index (χ3n) is 4.68. The lowest BCUT2D eigenvalue weighted by Crippen LogP contribution is -2.58. The van der Waals surface area contributed by atoms with Crippen LogP contribution in [0.4, 0.5) is 5.69 Å². The summed E-state index contributed by atoms with van der Waals surface area (Å²) in [6.45, 7) is 6.78. The summed E-state index contributed by atoms with van der Waals surface area (Å²) in [4.78, 5) is 19.6. The molecule has 0 spiro atoms. The Kier molecular flexibility index (Phi) is 2.09. The Morgan fingerprint density at radius 1 is 1.22 bits per heavy atom. The molecule has 1 aromatic rings. The fourth-order valence-corrected chi connectivity index (χ4v) is 3.39. The molecule has 96 valence electrons. The van der Waals surface area contributed by atoms with Crippen LogP contribution in [-0.2, 0) is 15.0 Å². The standard InChI is InChI=1S/C14H18N2O2/c1-13(2)10-7-5-6-8-11(10)15-9-12(17)16(18-4)14(13,15)3/h5-8H,9H2,1-4H3. The van der Waals surface area contributed by atoms with Gasteiger partial charge >= 0.3 is 0 Å². The molecule has 18 heavy (non-hydrogen) atoms. The Labute approximate surface area is 107 Å². The molecule has 0 N–H and O–H groups in total. The second kappa shape index (κ2) is 3.26. The van der Waals surface area contributed by atoms with Gasteiger partial charge in [-0.25, -0.2) is 0 Å².